The van der Waals surface area contributed by atoms with E-state index in [0.29, 0.717) is 0 Å². The predicted octanol–water partition coefficient (Wildman–Crippen LogP) is -0.0414. The molecule has 3 atom stereocenters. The molecule has 1 saturated heterocycles. The molecule has 1 aromatic carbocycles. The lowest BCUT2D eigenvalue weighted by atomic mass is 10.1. The van der Waals surface area contributed by atoms with Gasteiger partial charge in [-0.2, -0.15) is 0 Å². The summed E-state index contributed by atoms with van der Waals surface area (Å²) in [7, 11) is 2.37. The maximum Gasteiger partial charge on any atom is 0.123 e. The van der Waals surface area contributed by atoms with Crippen molar-refractivity contribution in [3.05, 3.63) is 35.6 Å². The summed E-state index contributed by atoms with van der Waals surface area (Å²) in [6.07, 6.45) is 4.24. The number of hydrogen-bond donors (Lipinski definition) is 0. The van der Waals surface area contributed by atoms with Gasteiger partial charge >= 0.3 is 0 Å². The van der Waals surface area contributed by atoms with E-state index in [4.69, 9.17) is 0 Å². The maximum absolute atomic E-state index is 12.8. The molecule has 1 nitrogen and oxygen atoms in total. The van der Waals surface area contributed by atoms with Crippen molar-refractivity contribution in [1.82, 2.24) is 0 Å². The zero-order chi connectivity index (χ0) is 11.2. The molecule has 0 aromatic heterocycles. The minimum absolute atomic E-state index is 0. The zero-order valence-corrected chi connectivity index (χ0v) is 11.8. The second-order valence-electron chi connectivity index (χ2n) is 5.78. The fourth-order valence-corrected chi connectivity index (χ4v) is 3.72. The number of hydrogen-bond acceptors (Lipinski definition) is 0. The van der Waals surface area contributed by atoms with E-state index in [2.05, 4.69) is 7.05 Å². The second kappa shape index (κ2) is 4.69. The fraction of sp³-hybridized carbons (Fsp3) is 0.571. The summed E-state index contributed by atoms with van der Waals surface area (Å²) >= 11 is 0. The summed E-state index contributed by atoms with van der Waals surface area (Å²) < 4.78 is 14.0. The average molecular weight is 300 g/mol. The third kappa shape index (κ3) is 2.41. The van der Waals surface area contributed by atoms with Crippen LogP contribution in [-0.2, 0) is 6.54 Å². The number of quaternary nitrogens is 1. The Bertz CT molecular complexity index is 392. The molecule has 17 heavy (non-hydrogen) atoms. The summed E-state index contributed by atoms with van der Waals surface area (Å²) in [5, 5.41) is 0. The molecule has 2 fully saturated rings. The molecule has 1 aliphatic carbocycles. The van der Waals surface area contributed by atoms with Crippen LogP contribution in [-0.4, -0.2) is 24.1 Å². The van der Waals surface area contributed by atoms with E-state index in [-0.39, 0.29) is 22.8 Å². The highest BCUT2D eigenvalue weighted by molar-refractivity contribution is 5.15. The summed E-state index contributed by atoms with van der Waals surface area (Å²) in [4.78, 5) is 0. The highest BCUT2D eigenvalue weighted by Gasteiger charge is 2.48. The summed E-state index contributed by atoms with van der Waals surface area (Å²) in [6.45, 7) is 2.39. The van der Waals surface area contributed by atoms with Gasteiger partial charge in [-0.15, -0.1) is 0 Å². The first-order chi connectivity index (χ1) is 7.66. The molecule has 0 radical (unpaired) electrons. The molecule has 2 bridgehead atoms. The van der Waals surface area contributed by atoms with Crippen LogP contribution < -0.4 is 17.0 Å². The Morgan fingerprint density at radius 2 is 1.94 bits per heavy atom. The molecule has 3 heteroatoms. The van der Waals surface area contributed by atoms with Crippen molar-refractivity contribution in [2.75, 3.05) is 13.6 Å². The molecule has 0 amide bonds. The lowest BCUT2D eigenvalue weighted by Crippen LogP contribution is -3.00. The number of piperidine rings is 1. The van der Waals surface area contributed by atoms with E-state index >= 15 is 0 Å². The largest absolute Gasteiger partial charge is 1.00 e. The van der Waals surface area contributed by atoms with Gasteiger partial charge in [-0.3, -0.25) is 0 Å². The Morgan fingerprint density at radius 1 is 1.24 bits per heavy atom. The first-order valence-electron chi connectivity index (χ1n) is 6.24. The highest BCUT2D eigenvalue weighted by atomic mass is 79.9. The number of likely N-dealkylation sites (tertiary alicyclic amines) is 1. The molecule has 1 aromatic rings. The number of halogens is 2. The van der Waals surface area contributed by atoms with Gasteiger partial charge in [0.2, 0.25) is 0 Å². The minimum Gasteiger partial charge on any atom is -1.00 e. The molecule has 94 valence electrons. The molecular weight excluding hydrogens is 281 g/mol. The Kier molecular flexibility index (Phi) is 3.60. The van der Waals surface area contributed by atoms with Crippen LogP contribution in [0.4, 0.5) is 4.39 Å². The minimum atomic E-state index is -0.130. The van der Waals surface area contributed by atoms with E-state index < -0.39 is 0 Å². The second-order valence-corrected chi connectivity index (χ2v) is 5.78. The molecular formula is C14H19BrFN. The van der Waals surface area contributed by atoms with Crippen molar-refractivity contribution >= 4 is 0 Å². The van der Waals surface area contributed by atoms with Gasteiger partial charge in [0.25, 0.3) is 0 Å². The van der Waals surface area contributed by atoms with Crippen molar-refractivity contribution in [2.45, 2.75) is 31.8 Å². The normalized spacial score (nSPS) is 34.7. The van der Waals surface area contributed by atoms with Gasteiger partial charge in [0, 0.05) is 17.9 Å². The van der Waals surface area contributed by atoms with Crippen LogP contribution in [0.2, 0.25) is 0 Å². The molecule has 1 aliphatic heterocycles. The Labute approximate surface area is 113 Å². The van der Waals surface area contributed by atoms with Gasteiger partial charge in [0.1, 0.15) is 12.4 Å². The number of fused-ring (bicyclic) bond motifs is 2. The number of benzene rings is 1. The summed E-state index contributed by atoms with van der Waals surface area (Å²) in [6, 6.07) is 7.89. The van der Waals surface area contributed by atoms with E-state index in [9.17, 15) is 4.39 Å². The highest BCUT2D eigenvalue weighted by Crippen LogP contribution is 2.42. The topological polar surface area (TPSA) is 0 Å². The van der Waals surface area contributed by atoms with E-state index in [1.54, 1.807) is 12.1 Å². The molecule has 0 spiro atoms. The monoisotopic (exact) mass is 299 g/mol. The third-order valence-electron chi connectivity index (χ3n) is 4.53. The molecule has 2 aliphatic rings. The molecule has 3 rings (SSSR count). The first kappa shape index (κ1) is 13.0. The Hall–Kier alpha value is -0.410. The smallest absolute Gasteiger partial charge is 0.123 e. The van der Waals surface area contributed by atoms with Gasteiger partial charge in [0.05, 0.1) is 19.6 Å². The Balaban J connectivity index is 0.00000108. The zero-order valence-electron chi connectivity index (χ0n) is 10.2. The van der Waals surface area contributed by atoms with Crippen LogP contribution in [0.25, 0.3) is 0 Å². The maximum atomic E-state index is 12.8. The quantitative estimate of drug-likeness (QED) is 0.672. The van der Waals surface area contributed by atoms with Crippen molar-refractivity contribution < 1.29 is 25.9 Å². The van der Waals surface area contributed by atoms with Crippen LogP contribution in [0.1, 0.15) is 24.8 Å². The fourth-order valence-electron chi connectivity index (χ4n) is 3.72. The standard InChI is InChI=1S/C14H19FN.BrH/c1-16(10-12-4-7-14(16)8-12)9-11-2-5-13(15)6-3-11;/h2-3,5-6,12,14H,4,7-10H2,1H3;1H/q+1;/p-1/t12?,14?,16-;/m1./s1. The van der Waals surface area contributed by atoms with Crippen LogP contribution >= 0.6 is 0 Å². The van der Waals surface area contributed by atoms with Crippen LogP contribution in [0, 0.1) is 11.7 Å². The van der Waals surface area contributed by atoms with E-state index in [1.807, 2.05) is 12.1 Å². The van der Waals surface area contributed by atoms with Gasteiger partial charge in [-0.25, -0.2) is 4.39 Å². The predicted molar refractivity (Wildman–Crippen MR) is 62.3 cm³/mol. The summed E-state index contributed by atoms with van der Waals surface area (Å²) in [5.41, 5.74) is 1.27. The lowest BCUT2D eigenvalue weighted by Gasteiger charge is -2.38. The molecule has 2 unspecified atom stereocenters. The molecule has 0 N–H and O–H groups in total. The third-order valence-corrected chi connectivity index (χ3v) is 4.53. The van der Waals surface area contributed by atoms with Crippen molar-refractivity contribution in [2.24, 2.45) is 5.92 Å². The Morgan fingerprint density at radius 3 is 2.47 bits per heavy atom. The summed E-state index contributed by atoms with van der Waals surface area (Å²) in [5.74, 6) is 0.824. The van der Waals surface area contributed by atoms with E-state index in [0.717, 1.165) is 18.5 Å². The average Bonchev–Trinajstić information content (AvgIpc) is 2.81. The van der Waals surface area contributed by atoms with Crippen LogP contribution in [0.3, 0.4) is 0 Å². The van der Waals surface area contributed by atoms with Gasteiger partial charge < -0.3 is 21.5 Å². The molecule has 1 heterocycles. The first-order valence-corrected chi connectivity index (χ1v) is 6.24. The van der Waals surface area contributed by atoms with E-state index in [1.165, 1.54) is 35.9 Å². The van der Waals surface area contributed by atoms with Gasteiger partial charge in [-0.05, 0) is 25.0 Å². The van der Waals surface area contributed by atoms with Crippen molar-refractivity contribution in [3.63, 3.8) is 0 Å². The van der Waals surface area contributed by atoms with Crippen LogP contribution in [0.15, 0.2) is 24.3 Å². The van der Waals surface area contributed by atoms with Crippen molar-refractivity contribution in [3.8, 4) is 0 Å². The lowest BCUT2D eigenvalue weighted by molar-refractivity contribution is -0.938. The SMILES string of the molecule is C[N@@+]1(Cc2ccc(F)cc2)CC2CCC1C2.[Br-]. The number of nitrogens with zero attached hydrogens (tertiary/aromatic N) is 1. The van der Waals surface area contributed by atoms with Crippen molar-refractivity contribution in [1.29, 1.82) is 0 Å². The molecule has 1 saturated carbocycles. The van der Waals surface area contributed by atoms with Gasteiger partial charge in [-0.1, -0.05) is 12.1 Å². The van der Waals surface area contributed by atoms with Crippen LogP contribution in [0.5, 0.6) is 0 Å². The number of rotatable bonds is 2. The van der Waals surface area contributed by atoms with Gasteiger partial charge in [0.15, 0.2) is 0 Å².